The first-order valence-electron chi connectivity index (χ1n) is 42.9. The van der Waals surface area contributed by atoms with E-state index in [2.05, 4.69) is 443 Å². The minimum atomic E-state index is 0.898. The molecule has 0 amide bonds. The van der Waals surface area contributed by atoms with Gasteiger partial charge in [0.25, 0.3) is 0 Å². The molecule has 0 saturated heterocycles. The topological polar surface area (TPSA) is 39.4 Å². The van der Waals surface area contributed by atoms with Crippen LogP contribution in [0.1, 0.15) is 0 Å². The summed E-state index contributed by atoms with van der Waals surface area (Å²) < 4.78 is 19.2. The second-order valence-corrected chi connectivity index (χ2v) is 32.5. The maximum absolute atomic E-state index is 6.56. The molecule has 0 aliphatic carbocycles. The predicted molar refractivity (Wildman–Crippen MR) is 530 cm³/mol. The van der Waals surface area contributed by atoms with Crippen molar-refractivity contribution in [2.45, 2.75) is 0 Å². The van der Waals surface area contributed by atoms with Gasteiger partial charge in [0.1, 0.15) is 33.5 Å². The first kappa shape index (κ1) is 72.5. The van der Waals surface area contributed by atoms with E-state index in [0.717, 1.165) is 65.8 Å². The Labute approximate surface area is 721 Å². The van der Waals surface area contributed by atoms with Crippen LogP contribution in [0.5, 0.6) is 0 Å². The molecule has 3 heteroatoms. The van der Waals surface area contributed by atoms with Crippen molar-refractivity contribution in [2.75, 3.05) is 0 Å². The summed E-state index contributed by atoms with van der Waals surface area (Å²) in [5.41, 5.74) is 27.5. The normalized spacial score (nSPS) is 11.7. The fourth-order valence-electron chi connectivity index (χ4n) is 20.3. The van der Waals surface area contributed by atoms with Gasteiger partial charge >= 0.3 is 0 Å². The van der Waals surface area contributed by atoms with Crippen molar-refractivity contribution >= 4 is 152 Å². The molecular weight excluding hydrogens is 1510 g/mol. The molecule has 0 unspecified atom stereocenters. The summed E-state index contributed by atoms with van der Waals surface area (Å²) in [7, 11) is 0. The standard InChI is InChI=1S/C46H28O.C44H28O.C32H20O/c1-2-14-29(15-3-1)43-34-20-8-10-22-36(34)44(37-23-11-9-21-35(37)43)39-26-27-42-46(38-24-12-13-25-41(38)47-42)45(39)40-28-30-16-4-5-17-31(30)32-18-6-7-19-33(32)40;1-3-14-29(15-4-1)31-18-13-19-32(28-31)33-26-27-40-43(38-24-11-12-25-39(38)45-40)44(33)42-36-22-9-7-20-34(36)41(30-16-5-2-6-17-30)35-21-8-10-23-37(35)42;1-2-10-21(11-3-1)31-24-13-4-6-15-26(24)32(27-16-7-5-14-25(27)31)22-18-19-30-28(20-22)23-12-8-9-17-29(23)33-30/h1-28H;1-28H;1-20H. The van der Waals surface area contributed by atoms with Crippen LogP contribution < -0.4 is 0 Å². The Kier molecular flexibility index (Phi) is 17.6. The van der Waals surface area contributed by atoms with E-state index in [9.17, 15) is 0 Å². The van der Waals surface area contributed by atoms with Gasteiger partial charge in [-0.15, -0.1) is 0 Å². The summed E-state index contributed by atoms with van der Waals surface area (Å²) in [6.45, 7) is 0. The smallest absolute Gasteiger partial charge is 0.136 e. The summed E-state index contributed by atoms with van der Waals surface area (Å²) >= 11 is 0. The number of furan rings is 3. The monoisotopic (exact) mass is 1590 g/mol. The average molecular weight is 1590 g/mol. The highest BCUT2D eigenvalue weighted by atomic mass is 16.3. The van der Waals surface area contributed by atoms with Gasteiger partial charge in [0, 0.05) is 43.4 Å². The van der Waals surface area contributed by atoms with E-state index in [4.69, 9.17) is 13.3 Å². The second-order valence-electron chi connectivity index (χ2n) is 32.5. The van der Waals surface area contributed by atoms with E-state index in [1.807, 2.05) is 18.2 Å². The summed E-state index contributed by atoms with van der Waals surface area (Å²) in [6, 6.07) is 166. The van der Waals surface area contributed by atoms with E-state index in [-0.39, 0.29) is 0 Å². The van der Waals surface area contributed by atoms with E-state index >= 15 is 0 Å². The van der Waals surface area contributed by atoms with Crippen molar-refractivity contribution in [2.24, 2.45) is 0 Å². The zero-order valence-electron chi connectivity index (χ0n) is 68.1. The Morgan fingerprint density at radius 3 is 0.880 bits per heavy atom. The molecule has 0 aliphatic heterocycles. The maximum atomic E-state index is 6.56. The Morgan fingerprint density at radius 2 is 0.416 bits per heavy atom. The number of para-hydroxylation sites is 3. The van der Waals surface area contributed by atoms with Crippen LogP contribution in [0.3, 0.4) is 0 Å². The molecule has 0 atom stereocenters. The number of hydrogen-bond acceptors (Lipinski definition) is 3. The van der Waals surface area contributed by atoms with E-state index in [1.54, 1.807) is 0 Å². The Bertz CT molecular complexity index is 8600. The first-order valence-corrected chi connectivity index (χ1v) is 42.9. The molecule has 0 radical (unpaired) electrons. The van der Waals surface area contributed by atoms with E-state index < -0.39 is 0 Å². The lowest BCUT2D eigenvalue weighted by atomic mass is 9.81. The van der Waals surface area contributed by atoms with Gasteiger partial charge in [-0.25, -0.2) is 0 Å². The summed E-state index contributed by atoms with van der Waals surface area (Å²) in [5.74, 6) is 0. The lowest BCUT2D eigenvalue weighted by Crippen LogP contribution is -1.94. The Hall–Kier alpha value is -16.5. The molecule has 582 valence electrons. The van der Waals surface area contributed by atoms with Gasteiger partial charge in [-0.05, 0) is 236 Å². The van der Waals surface area contributed by atoms with Crippen molar-refractivity contribution < 1.29 is 13.3 Å². The molecule has 26 aromatic rings. The molecule has 0 bridgehead atoms. The molecule has 0 N–H and O–H groups in total. The number of benzene rings is 23. The molecule has 3 nitrogen and oxygen atoms in total. The molecule has 0 aliphatic rings. The van der Waals surface area contributed by atoms with Gasteiger partial charge < -0.3 is 13.3 Å². The number of fused-ring (bicyclic) bond motifs is 18. The molecule has 0 spiro atoms. The van der Waals surface area contributed by atoms with Crippen LogP contribution in [0.4, 0.5) is 0 Å². The van der Waals surface area contributed by atoms with Crippen LogP contribution in [-0.4, -0.2) is 0 Å². The minimum Gasteiger partial charge on any atom is -0.456 e. The Balaban J connectivity index is 0.000000107. The maximum Gasteiger partial charge on any atom is 0.136 e. The summed E-state index contributed by atoms with van der Waals surface area (Å²) in [5, 5.41) is 26.9. The highest BCUT2D eigenvalue weighted by Gasteiger charge is 2.28. The van der Waals surface area contributed by atoms with Crippen molar-refractivity contribution in [3.05, 3.63) is 461 Å². The number of rotatable bonds is 9. The highest BCUT2D eigenvalue weighted by molar-refractivity contribution is 6.31. The predicted octanol–water partition coefficient (Wildman–Crippen LogP) is 35.0. The minimum absolute atomic E-state index is 0.898. The molecule has 23 aromatic carbocycles. The third-order valence-corrected chi connectivity index (χ3v) is 25.6. The highest BCUT2D eigenvalue weighted by Crippen LogP contribution is 2.55. The Morgan fingerprint density at radius 1 is 0.112 bits per heavy atom. The van der Waals surface area contributed by atoms with Gasteiger partial charge in [-0.1, -0.05) is 400 Å². The summed E-state index contributed by atoms with van der Waals surface area (Å²) in [6.07, 6.45) is 0. The molecular formula is C122H76O3. The first-order chi connectivity index (χ1) is 62.1. The molecule has 26 rings (SSSR count). The van der Waals surface area contributed by atoms with Crippen LogP contribution in [0.15, 0.2) is 474 Å². The largest absolute Gasteiger partial charge is 0.456 e. The molecule has 125 heavy (non-hydrogen) atoms. The van der Waals surface area contributed by atoms with Crippen molar-refractivity contribution in [3.63, 3.8) is 0 Å². The fourth-order valence-corrected chi connectivity index (χ4v) is 20.3. The van der Waals surface area contributed by atoms with Crippen LogP contribution in [-0.2, 0) is 0 Å². The third-order valence-electron chi connectivity index (χ3n) is 25.6. The van der Waals surface area contributed by atoms with Gasteiger partial charge in [-0.3, -0.25) is 0 Å². The van der Waals surface area contributed by atoms with Gasteiger partial charge in [0.05, 0.1) is 0 Å². The zero-order chi connectivity index (χ0) is 82.4. The lowest BCUT2D eigenvalue weighted by Gasteiger charge is -2.21. The molecule has 3 heterocycles. The zero-order valence-corrected chi connectivity index (χ0v) is 68.1. The van der Waals surface area contributed by atoms with Crippen LogP contribution in [0, 0.1) is 0 Å². The van der Waals surface area contributed by atoms with Crippen molar-refractivity contribution in [1.29, 1.82) is 0 Å². The van der Waals surface area contributed by atoms with Crippen molar-refractivity contribution in [3.8, 4) is 100 Å². The quantitative estimate of drug-likeness (QED) is 0.107. The SMILES string of the molecule is c1ccc(-c2c3ccccc3c(-c3ccc4oc5ccccc5c4c3)c3ccccc23)cc1.c1ccc(-c2c3ccccc3c(-c3ccc4oc5ccccc5c4c3-c3cc4ccccc4c4ccccc34)c3ccccc23)cc1.c1ccc(-c2cccc(-c3ccc4oc5ccccc5c4c3-c3c4ccccc4c(-c4ccccc4)c4ccccc34)c2)cc1. The lowest BCUT2D eigenvalue weighted by molar-refractivity contribution is 0.668. The summed E-state index contributed by atoms with van der Waals surface area (Å²) in [4.78, 5) is 0. The van der Waals surface area contributed by atoms with Gasteiger partial charge in [0.2, 0.25) is 0 Å². The second kappa shape index (κ2) is 30.4. The van der Waals surface area contributed by atoms with E-state index in [1.165, 1.54) is 186 Å². The fraction of sp³-hybridized carbons (Fsp3) is 0. The molecule has 3 aromatic heterocycles. The average Bonchev–Trinajstić information content (AvgIpc) is 1.63. The van der Waals surface area contributed by atoms with E-state index in [0.29, 0.717) is 0 Å². The third kappa shape index (κ3) is 12.2. The van der Waals surface area contributed by atoms with Crippen LogP contribution >= 0.6 is 0 Å². The van der Waals surface area contributed by atoms with Gasteiger partial charge in [0.15, 0.2) is 0 Å². The number of hydrogen-bond donors (Lipinski definition) is 0. The van der Waals surface area contributed by atoms with Crippen molar-refractivity contribution in [1.82, 2.24) is 0 Å². The molecule has 0 fully saturated rings. The van der Waals surface area contributed by atoms with Crippen LogP contribution in [0.2, 0.25) is 0 Å². The van der Waals surface area contributed by atoms with Gasteiger partial charge in [-0.2, -0.15) is 0 Å². The van der Waals surface area contributed by atoms with Crippen LogP contribution in [0.25, 0.3) is 252 Å². The molecule has 0 saturated carbocycles.